The van der Waals surface area contributed by atoms with Crippen LogP contribution in [0.15, 0.2) is 30.5 Å². The summed E-state index contributed by atoms with van der Waals surface area (Å²) >= 11 is 5.19. The lowest BCUT2D eigenvalue weighted by Crippen LogP contribution is -1.93. The van der Waals surface area contributed by atoms with Crippen LogP contribution in [0.2, 0.25) is 0 Å². The maximum absolute atomic E-state index is 5.50. The van der Waals surface area contributed by atoms with Crippen LogP contribution in [0.25, 0.3) is 10.8 Å². The summed E-state index contributed by atoms with van der Waals surface area (Å²) in [5, 5.41) is 2.10. The van der Waals surface area contributed by atoms with E-state index in [0.717, 1.165) is 21.2 Å². The Labute approximate surface area is 87.5 Å². The molecule has 0 fully saturated rings. The van der Waals surface area contributed by atoms with Crippen LogP contribution in [0.1, 0.15) is 6.92 Å². The molecule has 0 aliphatic heterocycles. The van der Waals surface area contributed by atoms with E-state index in [2.05, 4.69) is 4.98 Å². The summed E-state index contributed by atoms with van der Waals surface area (Å²) in [7, 11) is 0. The van der Waals surface area contributed by atoms with Crippen molar-refractivity contribution in [2.75, 3.05) is 6.61 Å². The average molecular weight is 205 g/mol. The number of nitrogens with one attached hydrogen (secondary N) is 1. The highest BCUT2D eigenvalue weighted by atomic mass is 32.1. The molecule has 0 saturated heterocycles. The van der Waals surface area contributed by atoms with E-state index in [0.29, 0.717) is 6.61 Å². The zero-order chi connectivity index (χ0) is 9.97. The summed E-state index contributed by atoms with van der Waals surface area (Å²) in [5.41, 5.74) is 0. The maximum Gasteiger partial charge on any atom is 0.143 e. The van der Waals surface area contributed by atoms with Crippen LogP contribution in [0.5, 0.6) is 5.75 Å². The van der Waals surface area contributed by atoms with Gasteiger partial charge in [-0.2, -0.15) is 0 Å². The van der Waals surface area contributed by atoms with Crippen LogP contribution >= 0.6 is 12.2 Å². The Bertz CT molecular complexity index is 504. The second kappa shape index (κ2) is 3.80. The minimum atomic E-state index is 0.661. The molecule has 0 saturated carbocycles. The molecule has 0 unspecified atom stereocenters. The highest BCUT2D eigenvalue weighted by Crippen LogP contribution is 2.24. The number of aromatic nitrogens is 1. The summed E-state index contributed by atoms with van der Waals surface area (Å²) in [5.74, 6) is 0.858. The molecule has 2 aromatic rings. The number of rotatable bonds is 2. The molecule has 3 heteroatoms. The lowest BCUT2D eigenvalue weighted by Gasteiger charge is -2.06. The van der Waals surface area contributed by atoms with Gasteiger partial charge < -0.3 is 9.72 Å². The molecule has 2 rings (SSSR count). The van der Waals surface area contributed by atoms with Gasteiger partial charge in [0.1, 0.15) is 10.4 Å². The molecule has 1 N–H and O–H groups in total. The molecule has 14 heavy (non-hydrogen) atoms. The molecule has 0 aliphatic carbocycles. The Morgan fingerprint density at radius 1 is 1.29 bits per heavy atom. The molecule has 2 nitrogen and oxygen atoms in total. The molecule has 0 bridgehead atoms. The largest absolute Gasteiger partial charge is 0.492 e. The predicted octanol–water partition coefficient (Wildman–Crippen LogP) is 3.30. The average Bonchev–Trinajstić information content (AvgIpc) is 2.23. The van der Waals surface area contributed by atoms with Crippen molar-refractivity contribution in [3.63, 3.8) is 0 Å². The van der Waals surface area contributed by atoms with Crippen molar-refractivity contribution in [2.24, 2.45) is 0 Å². The molecule has 1 aromatic carbocycles. The van der Waals surface area contributed by atoms with Crippen LogP contribution in [-0.2, 0) is 0 Å². The quantitative estimate of drug-likeness (QED) is 0.761. The molecule has 1 heterocycles. The van der Waals surface area contributed by atoms with Crippen molar-refractivity contribution < 1.29 is 4.74 Å². The van der Waals surface area contributed by atoms with Gasteiger partial charge in [0.15, 0.2) is 0 Å². The first kappa shape index (κ1) is 9.21. The number of aromatic amines is 1. The lowest BCUT2D eigenvalue weighted by molar-refractivity contribution is 0.343. The standard InChI is InChI=1S/C11H11NOS/c1-2-13-10-7-12-11(14)9-6-4-3-5-8(9)10/h3-7H,2H2,1H3,(H,12,14). The molecule has 0 amide bonds. The number of fused-ring (bicyclic) bond motifs is 1. The monoisotopic (exact) mass is 205 g/mol. The van der Waals surface area contributed by atoms with Crippen molar-refractivity contribution in [1.82, 2.24) is 4.98 Å². The van der Waals surface area contributed by atoms with Gasteiger partial charge in [-0.05, 0) is 6.92 Å². The van der Waals surface area contributed by atoms with Gasteiger partial charge in [-0.25, -0.2) is 0 Å². The van der Waals surface area contributed by atoms with E-state index in [4.69, 9.17) is 17.0 Å². The summed E-state index contributed by atoms with van der Waals surface area (Å²) in [6, 6.07) is 7.97. The van der Waals surface area contributed by atoms with Gasteiger partial charge in [-0.3, -0.25) is 0 Å². The van der Waals surface area contributed by atoms with Crippen LogP contribution in [0, 0.1) is 4.64 Å². The number of ether oxygens (including phenoxy) is 1. The third-order valence-electron chi connectivity index (χ3n) is 2.07. The van der Waals surface area contributed by atoms with E-state index in [9.17, 15) is 0 Å². The fourth-order valence-corrected chi connectivity index (χ4v) is 1.69. The van der Waals surface area contributed by atoms with E-state index in [1.807, 2.05) is 37.4 Å². The van der Waals surface area contributed by atoms with Gasteiger partial charge in [0.2, 0.25) is 0 Å². The van der Waals surface area contributed by atoms with Crippen molar-refractivity contribution in [3.05, 3.63) is 35.1 Å². The number of hydrogen-bond donors (Lipinski definition) is 1. The van der Waals surface area contributed by atoms with E-state index >= 15 is 0 Å². The van der Waals surface area contributed by atoms with Crippen LogP contribution in [0.3, 0.4) is 0 Å². The van der Waals surface area contributed by atoms with Crippen molar-refractivity contribution in [2.45, 2.75) is 6.92 Å². The summed E-state index contributed by atoms with van der Waals surface area (Å²) in [6.07, 6.45) is 1.81. The van der Waals surface area contributed by atoms with Crippen molar-refractivity contribution in [3.8, 4) is 5.75 Å². The van der Waals surface area contributed by atoms with Gasteiger partial charge >= 0.3 is 0 Å². The number of hydrogen-bond acceptors (Lipinski definition) is 2. The Hall–Kier alpha value is -1.35. The Kier molecular flexibility index (Phi) is 2.50. The highest BCUT2D eigenvalue weighted by molar-refractivity contribution is 7.71. The Morgan fingerprint density at radius 3 is 2.71 bits per heavy atom. The molecule has 0 spiro atoms. The molecule has 72 valence electrons. The van der Waals surface area contributed by atoms with Crippen LogP contribution in [0.4, 0.5) is 0 Å². The summed E-state index contributed by atoms with van der Waals surface area (Å²) in [6.45, 7) is 2.63. The molecule has 0 radical (unpaired) electrons. The topological polar surface area (TPSA) is 25.0 Å². The van der Waals surface area contributed by atoms with E-state index in [-0.39, 0.29) is 0 Å². The van der Waals surface area contributed by atoms with E-state index < -0.39 is 0 Å². The zero-order valence-corrected chi connectivity index (χ0v) is 8.73. The SMILES string of the molecule is CCOc1c[nH]c(=S)c2ccccc12. The first-order valence-corrected chi connectivity index (χ1v) is 4.97. The maximum atomic E-state index is 5.50. The van der Waals surface area contributed by atoms with Gasteiger partial charge in [0.05, 0.1) is 6.61 Å². The normalized spacial score (nSPS) is 10.4. The zero-order valence-electron chi connectivity index (χ0n) is 7.91. The molecular formula is C11H11NOS. The van der Waals surface area contributed by atoms with Crippen LogP contribution in [-0.4, -0.2) is 11.6 Å². The first-order chi connectivity index (χ1) is 6.83. The Morgan fingerprint density at radius 2 is 2.00 bits per heavy atom. The van der Waals surface area contributed by atoms with Crippen LogP contribution < -0.4 is 4.74 Å². The molecule has 1 aromatic heterocycles. The third-order valence-corrected chi connectivity index (χ3v) is 2.41. The summed E-state index contributed by atoms with van der Waals surface area (Å²) in [4.78, 5) is 3.02. The number of pyridine rings is 1. The number of H-pyrrole nitrogens is 1. The van der Waals surface area contributed by atoms with Gasteiger partial charge in [0.25, 0.3) is 0 Å². The van der Waals surface area contributed by atoms with E-state index in [1.54, 1.807) is 0 Å². The third kappa shape index (κ3) is 1.51. The fourth-order valence-electron chi connectivity index (χ4n) is 1.46. The second-order valence-electron chi connectivity index (χ2n) is 2.96. The van der Waals surface area contributed by atoms with Crippen molar-refractivity contribution >= 4 is 23.0 Å². The smallest absolute Gasteiger partial charge is 0.143 e. The highest BCUT2D eigenvalue weighted by Gasteiger charge is 2.01. The van der Waals surface area contributed by atoms with Gasteiger partial charge in [-0.15, -0.1) is 0 Å². The van der Waals surface area contributed by atoms with Gasteiger partial charge in [-0.1, -0.05) is 36.5 Å². The van der Waals surface area contributed by atoms with Gasteiger partial charge in [0, 0.05) is 17.0 Å². The Balaban J connectivity index is 2.75. The molecular weight excluding hydrogens is 194 g/mol. The van der Waals surface area contributed by atoms with E-state index in [1.165, 1.54) is 0 Å². The minimum Gasteiger partial charge on any atom is -0.492 e. The predicted molar refractivity (Wildman–Crippen MR) is 60.3 cm³/mol. The van der Waals surface area contributed by atoms with Crippen molar-refractivity contribution in [1.29, 1.82) is 0 Å². The minimum absolute atomic E-state index is 0.661. The molecule has 0 aliphatic rings. The summed E-state index contributed by atoms with van der Waals surface area (Å²) < 4.78 is 6.25. The fraction of sp³-hybridized carbons (Fsp3) is 0.182. The lowest BCUT2D eigenvalue weighted by atomic mass is 10.2. The number of benzene rings is 1. The second-order valence-corrected chi connectivity index (χ2v) is 3.37. The first-order valence-electron chi connectivity index (χ1n) is 4.56. The molecule has 0 atom stereocenters.